The highest BCUT2D eigenvalue weighted by Crippen LogP contribution is 2.34. The molecular formula is C19H14N4OS. The molecule has 2 heterocycles. The van der Waals surface area contributed by atoms with E-state index in [0.29, 0.717) is 5.69 Å². The molecule has 2 aromatic carbocycles. The third kappa shape index (κ3) is 3.12. The zero-order valence-electron chi connectivity index (χ0n) is 13.4. The molecule has 0 aliphatic rings. The van der Waals surface area contributed by atoms with Crippen LogP contribution in [0.5, 0.6) is 0 Å². The Bertz CT molecular complexity index is 1020. The van der Waals surface area contributed by atoms with Gasteiger partial charge in [-0.05, 0) is 31.2 Å². The molecule has 0 atom stereocenters. The second-order valence-corrected chi connectivity index (χ2v) is 6.56. The van der Waals surface area contributed by atoms with E-state index in [1.165, 1.54) is 6.20 Å². The Hall–Kier alpha value is -3.12. The fourth-order valence-electron chi connectivity index (χ4n) is 2.46. The van der Waals surface area contributed by atoms with Gasteiger partial charge in [0, 0.05) is 11.8 Å². The summed E-state index contributed by atoms with van der Waals surface area (Å²) in [7, 11) is 0. The molecule has 4 aromatic rings. The standard InChI is InChI=1S/C19H14N4OS/c1-12-10-21-16(11-20-12)18(24)22-14-7-3-2-6-13(14)19-23-15-8-4-5-9-17(15)25-19/h2-11H,1H3,(H,22,24). The Morgan fingerprint density at radius 2 is 1.80 bits per heavy atom. The van der Waals surface area contributed by atoms with E-state index in [0.717, 1.165) is 26.5 Å². The number of aromatic nitrogens is 3. The Labute approximate surface area is 148 Å². The van der Waals surface area contributed by atoms with Crippen molar-refractivity contribution < 1.29 is 4.79 Å². The molecule has 122 valence electrons. The van der Waals surface area contributed by atoms with Crippen LogP contribution in [0.25, 0.3) is 20.8 Å². The second-order valence-electron chi connectivity index (χ2n) is 5.53. The molecule has 0 aliphatic carbocycles. The summed E-state index contributed by atoms with van der Waals surface area (Å²) in [4.78, 5) is 25.4. The Morgan fingerprint density at radius 1 is 1.00 bits per heavy atom. The number of aryl methyl sites for hydroxylation is 1. The molecule has 1 N–H and O–H groups in total. The average Bonchev–Trinajstić information content (AvgIpc) is 3.06. The van der Waals surface area contributed by atoms with Gasteiger partial charge < -0.3 is 5.32 Å². The molecule has 1 amide bonds. The summed E-state index contributed by atoms with van der Waals surface area (Å²) in [6, 6.07) is 15.6. The number of hydrogen-bond donors (Lipinski definition) is 1. The van der Waals surface area contributed by atoms with Gasteiger partial charge in [-0.15, -0.1) is 11.3 Å². The molecular weight excluding hydrogens is 332 g/mol. The van der Waals surface area contributed by atoms with Crippen molar-refractivity contribution >= 4 is 33.1 Å². The molecule has 5 nitrogen and oxygen atoms in total. The monoisotopic (exact) mass is 346 g/mol. The number of nitrogens with one attached hydrogen (secondary N) is 1. The summed E-state index contributed by atoms with van der Waals surface area (Å²) in [6.07, 6.45) is 3.05. The van der Waals surface area contributed by atoms with Gasteiger partial charge in [0.05, 0.1) is 27.8 Å². The second kappa shape index (κ2) is 6.41. The number of para-hydroxylation sites is 2. The van der Waals surface area contributed by atoms with Crippen LogP contribution in [0.4, 0.5) is 5.69 Å². The number of anilines is 1. The van der Waals surface area contributed by atoms with Gasteiger partial charge in [-0.3, -0.25) is 9.78 Å². The number of carbonyl (C=O) groups excluding carboxylic acids is 1. The maximum absolute atomic E-state index is 12.5. The van der Waals surface area contributed by atoms with Gasteiger partial charge in [-0.2, -0.15) is 0 Å². The smallest absolute Gasteiger partial charge is 0.275 e. The molecule has 0 radical (unpaired) electrons. The zero-order chi connectivity index (χ0) is 17.2. The highest BCUT2D eigenvalue weighted by Gasteiger charge is 2.14. The molecule has 4 rings (SSSR count). The van der Waals surface area contributed by atoms with Crippen molar-refractivity contribution in [2.75, 3.05) is 5.32 Å². The Morgan fingerprint density at radius 3 is 2.60 bits per heavy atom. The summed E-state index contributed by atoms with van der Waals surface area (Å²) in [6.45, 7) is 1.83. The van der Waals surface area contributed by atoms with E-state index < -0.39 is 0 Å². The van der Waals surface area contributed by atoms with E-state index in [2.05, 4.69) is 20.3 Å². The average molecular weight is 346 g/mol. The van der Waals surface area contributed by atoms with E-state index in [4.69, 9.17) is 0 Å². The SMILES string of the molecule is Cc1cnc(C(=O)Nc2ccccc2-c2nc3ccccc3s2)cn1. The number of benzene rings is 2. The van der Waals surface area contributed by atoms with Crippen LogP contribution >= 0.6 is 11.3 Å². The summed E-state index contributed by atoms with van der Waals surface area (Å²) in [5.41, 5.74) is 3.59. The number of carbonyl (C=O) groups is 1. The van der Waals surface area contributed by atoms with Gasteiger partial charge in [0.25, 0.3) is 5.91 Å². The molecule has 0 saturated heterocycles. The van der Waals surface area contributed by atoms with E-state index in [1.54, 1.807) is 17.5 Å². The Kier molecular flexibility index (Phi) is 3.95. The topological polar surface area (TPSA) is 67.8 Å². The molecule has 0 saturated carbocycles. The van der Waals surface area contributed by atoms with Crippen molar-refractivity contribution in [1.29, 1.82) is 0 Å². The first-order valence-electron chi connectivity index (χ1n) is 7.76. The van der Waals surface area contributed by atoms with Crippen LogP contribution < -0.4 is 5.32 Å². The lowest BCUT2D eigenvalue weighted by molar-refractivity contribution is 0.102. The van der Waals surface area contributed by atoms with Crippen molar-refractivity contribution in [3.05, 3.63) is 72.3 Å². The molecule has 0 bridgehead atoms. The number of fused-ring (bicyclic) bond motifs is 1. The minimum atomic E-state index is -0.291. The van der Waals surface area contributed by atoms with Crippen LogP contribution in [0.1, 0.15) is 16.2 Å². The molecule has 0 unspecified atom stereocenters. The highest BCUT2D eigenvalue weighted by molar-refractivity contribution is 7.21. The first-order chi connectivity index (χ1) is 12.2. The number of hydrogen-bond acceptors (Lipinski definition) is 5. The van der Waals surface area contributed by atoms with Gasteiger partial charge >= 0.3 is 0 Å². The molecule has 2 aromatic heterocycles. The number of amides is 1. The third-order valence-corrected chi connectivity index (χ3v) is 4.78. The van der Waals surface area contributed by atoms with Crippen LogP contribution in [-0.4, -0.2) is 20.9 Å². The molecule has 0 spiro atoms. The van der Waals surface area contributed by atoms with Crippen molar-refractivity contribution in [1.82, 2.24) is 15.0 Å². The molecule has 0 aliphatic heterocycles. The normalized spacial score (nSPS) is 10.8. The largest absolute Gasteiger partial charge is 0.320 e. The first-order valence-corrected chi connectivity index (χ1v) is 8.57. The number of nitrogens with zero attached hydrogens (tertiary/aromatic N) is 3. The van der Waals surface area contributed by atoms with Crippen molar-refractivity contribution in [2.45, 2.75) is 6.92 Å². The molecule has 0 fully saturated rings. The van der Waals surface area contributed by atoms with Gasteiger partial charge in [0.2, 0.25) is 0 Å². The van der Waals surface area contributed by atoms with Gasteiger partial charge in [-0.1, -0.05) is 24.3 Å². The van der Waals surface area contributed by atoms with Crippen molar-refractivity contribution in [3.8, 4) is 10.6 Å². The minimum absolute atomic E-state index is 0.282. The number of thiazole rings is 1. The van der Waals surface area contributed by atoms with Crippen molar-refractivity contribution in [3.63, 3.8) is 0 Å². The first kappa shape index (κ1) is 15.4. The number of rotatable bonds is 3. The zero-order valence-corrected chi connectivity index (χ0v) is 14.2. The van der Waals surface area contributed by atoms with Gasteiger partial charge in [0.1, 0.15) is 10.7 Å². The maximum Gasteiger partial charge on any atom is 0.275 e. The van der Waals surface area contributed by atoms with E-state index >= 15 is 0 Å². The van der Waals surface area contributed by atoms with Crippen LogP contribution in [0.2, 0.25) is 0 Å². The van der Waals surface area contributed by atoms with Crippen LogP contribution in [-0.2, 0) is 0 Å². The fraction of sp³-hybridized carbons (Fsp3) is 0.0526. The lowest BCUT2D eigenvalue weighted by atomic mass is 10.2. The summed E-state index contributed by atoms with van der Waals surface area (Å²) in [5, 5.41) is 3.78. The summed E-state index contributed by atoms with van der Waals surface area (Å²) in [5.74, 6) is -0.291. The predicted molar refractivity (Wildman–Crippen MR) is 99.8 cm³/mol. The van der Waals surface area contributed by atoms with Crippen LogP contribution in [0.15, 0.2) is 60.9 Å². The van der Waals surface area contributed by atoms with Crippen molar-refractivity contribution in [2.24, 2.45) is 0 Å². The lowest BCUT2D eigenvalue weighted by Crippen LogP contribution is -2.14. The Balaban J connectivity index is 1.69. The van der Waals surface area contributed by atoms with Gasteiger partial charge in [-0.25, -0.2) is 9.97 Å². The predicted octanol–water partition coefficient (Wildman–Crippen LogP) is 4.31. The summed E-state index contributed by atoms with van der Waals surface area (Å²) >= 11 is 1.60. The van der Waals surface area contributed by atoms with E-state index in [9.17, 15) is 4.79 Å². The third-order valence-electron chi connectivity index (χ3n) is 3.71. The van der Waals surface area contributed by atoms with E-state index in [1.807, 2.05) is 55.5 Å². The summed E-state index contributed by atoms with van der Waals surface area (Å²) < 4.78 is 1.11. The fourth-order valence-corrected chi connectivity index (χ4v) is 3.47. The van der Waals surface area contributed by atoms with Crippen LogP contribution in [0.3, 0.4) is 0 Å². The molecule has 25 heavy (non-hydrogen) atoms. The quantitative estimate of drug-likeness (QED) is 0.600. The lowest BCUT2D eigenvalue weighted by Gasteiger charge is -2.08. The maximum atomic E-state index is 12.5. The molecule has 6 heteroatoms. The minimum Gasteiger partial charge on any atom is -0.320 e. The van der Waals surface area contributed by atoms with Gasteiger partial charge in [0.15, 0.2) is 0 Å². The van der Waals surface area contributed by atoms with Crippen LogP contribution in [0, 0.1) is 6.92 Å². The van der Waals surface area contributed by atoms with E-state index in [-0.39, 0.29) is 11.6 Å². The highest BCUT2D eigenvalue weighted by atomic mass is 32.1.